The maximum Gasteiger partial charge on any atom is 0.423 e. The summed E-state index contributed by atoms with van der Waals surface area (Å²) in [5.41, 5.74) is 5.58. The first-order valence-electron chi connectivity index (χ1n) is 5.20. The second-order valence-electron chi connectivity index (χ2n) is 3.57. The minimum Gasteiger partial charge on any atom is -0.464 e. The van der Waals surface area contributed by atoms with Crippen molar-refractivity contribution in [2.75, 3.05) is 13.2 Å². The van der Waals surface area contributed by atoms with Crippen LogP contribution in [0, 0.1) is 0 Å². The Hall–Kier alpha value is -2.08. The van der Waals surface area contributed by atoms with Crippen molar-refractivity contribution in [1.29, 1.82) is 0 Å². The van der Waals surface area contributed by atoms with E-state index < -0.39 is 6.09 Å². The van der Waals surface area contributed by atoms with Crippen LogP contribution in [-0.2, 0) is 4.74 Å². The van der Waals surface area contributed by atoms with E-state index in [-0.39, 0.29) is 12.6 Å². The molecule has 6 heteroatoms. The first kappa shape index (κ1) is 11.4. The molecule has 1 amide bonds. The van der Waals surface area contributed by atoms with Gasteiger partial charge in [-0.05, 0) is 5.56 Å². The van der Waals surface area contributed by atoms with Gasteiger partial charge in [0.05, 0.1) is 6.61 Å². The maximum atomic E-state index is 10.3. The van der Waals surface area contributed by atoms with Gasteiger partial charge < -0.3 is 9.84 Å². The molecule has 0 saturated heterocycles. The summed E-state index contributed by atoms with van der Waals surface area (Å²) < 4.78 is 5.36. The Morgan fingerprint density at radius 1 is 1.41 bits per heavy atom. The fourth-order valence-electron chi connectivity index (χ4n) is 1.57. The predicted octanol–water partition coefficient (Wildman–Crippen LogP) is 0.929. The summed E-state index contributed by atoms with van der Waals surface area (Å²) in [4.78, 5) is 14.7. The molecule has 90 valence electrons. The Morgan fingerprint density at radius 3 is 2.88 bits per heavy atom. The van der Waals surface area contributed by atoms with Crippen LogP contribution in [0.3, 0.4) is 0 Å². The summed E-state index contributed by atoms with van der Waals surface area (Å²) in [7, 11) is 0. The van der Waals surface area contributed by atoms with Crippen LogP contribution in [-0.4, -0.2) is 30.2 Å². The molecule has 3 N–H and O–H groups in total. The Bertz CT molecular complexity index is 419. The Kier molecular flexibility index (Phi) is 3.56. The molecule has 2 rings (SSSR count). The summed E-state index contributed by atoms with van der Waals surface area (Å²) in [5, 5.41) is 8.46. The van der Waals surface area contributed by atoms with Gasteiger partial charge in [0, 0.05) is 0 Å². The third kappa shape index (κ3) is 3.18. The number of ether oxygens (including phenoxy) is 1. The van der Waals surface area contributed by atoms with Crippen LogP contribution in [0.25, 0.3) is 0 Å². The number of nitrogens with zero attached hydrogens (tertiary/aromatic N) is 1. The summed E-state index contributed by atoms with van der Waals surface area (Å²) in [6.07, 6.45) is -1.16. The van der Waals surface area contributed by atoms with Gasteiger partial charge in [0.15, 0.2) is 0 Å². The third-order valence-electron chi connectivity index (χ3n) is 2.32. The van der Waals surface area contributed by atoms with Crippen molar-refractivity contribution in [1.82, 2.24) is 10.9 Å². The monoisotopic (exact) mass is 235 g/mol. The van der Waals surface area contributed by atoms with E-state index in [0.717, 1.165) is 5.56 Å². The van der Waals surface area contributed by atoms with E-state index in [9.17, 15) is 4.79 Å². The Balaban J connectivity index is 2.04. The largest absolute Gasteiger partial charge is 0.464 e. The molecule has 0 aliphatic carbocycles. The highest BCUT2D eigenvalue weighted by Crippen LogP contribution is 2.19. The lowest BCUT2D eigenvalue weighted by atomic mass is 10.1. The predicted molar refractivity (Wildman–Crippen MR) is 61.7 cm³/mol. The van der Waals surface area contributed by atoms with Crippen LogP contribution < -0.4 is 10.9 Å². The number of rotatable bonds is 1. The molecule has 1 aromatic rings. The number of aliphatic imine (C=N–C) groups is 1. The number of benzene rings is 1. The highest BCUT2D eigenvalue weighted by molar-refractivity contribution is 5.85. The number of nitrogens with one attached hydrogen (secondary N) is 2. The summed E-state index contributed by atoms with van der Waals surface area (Å²) in [5.74, 6) is 0.479. The first-order chi connectivity index (χ1) is 8.25. The topological polar surface area (TPSA) is 83.0 Å². The molecule has 0 saturated carbocycles. The molecule has 6 nitrogen and oxygen atoms in total. The van der Waals surface area contributed by atoms with E-state index in [0.29, 0.717) is 12.4 Å². The molecule has 1 aliphatic heterocycles. The van der Waals surface area contributed by atoms with Crippen molar-refractivity contribution < 1.29 is 14.6 Å². The van der Waals surface area contributed by atoms with Crippen LogP contribution in [0.4, 0.5) is 4.79 Å². The molecule has 0 fully saturated rings. The number of hydrogen-bond acceptors (Lipinski definition) is 4. The summed E-state index contributed by atoms with van der Waals surface area (Å²) in [6.45, 7) is 0.784. The number of amidine groups is 1. The second kappa shape index (κ2) is 5.31. The molecular formula is C11H13N3O3. The quantitative estimate of drug-likeness (QED) is 0.632. The Morgan fingerprint density at radius 2 is 2.18 bits per heavy atom. The van der Waals surface area contributed by atoms with Crippen molar-refractivity contribution in [2.24, 2.45) is 4.99 Å². The van der Waals surface area contributed by atoms with Gasteiger partial charge in [0.1, 0.15) is 18.5 Å². The number of hydrogen-bond donors (Lipinski definition) is 3. The zero-order chi connectivity index (χ0) is 12.1. The summed E-state index contributed by atoms with van der Waals surface area (Å²) in [6, 6.07) is 9.63. The van der Waals surface area contributed by atoms with Crippen LogP contribution >= 0.6 is 0 Å². The molecular weight excluding hydrogens is 222 g/mol. The van der Waals surface area contributed by atoms with Crippen LogP contribution in [0.1, 0.15) is 11.6 Å². The maximum absolute atomic E-state index is 10.3. The average Bonchev–Trinajstić information content (AvgIpc) is 2.38. The highest BCUT2D eigenvalue weighted by atomic mass is 16.5. The van der Waals surface area contributed by atoms with Gasteiger partial charge in [-0.1, -0.05) is 30.3 Å². The fourth-order valence-corrected chi connectivity index (χ4v) is 1.57. The SMILES string of the molecule is O=C(O)NNC1=NC(c2ccccc2)COC1. The highest BCUT2D eigenvalue weighted by Gasteiger charge is 2.17. The normalized spacial score (nSPS) is 19.3. The third-order valence-corrected chi connectivity index (χ3v) is 2.32. The van der Waals surface area contributed by atoms with E-state index in [4.69, 9.17) is 9.84 Å². The van der Waals surface area contributed by atoms with Crippen molar-refractivity contribution in [3.8, 4) is 0 Å². The van der Waals surface area contributed by atoms with Crippen LogP contribution in [0.15, 0.2) is 35.3 Å². The Labute approximate surface area is 98.3 Å². The summed E-state index contributed by atoms with van der Waals surface area (Å²) >= 11 is 0. The van der Waals surface area contributed by atoms with E-state index in [1.54, 1.807) is 0 Å². The second-order valence-corrected chi connectivity index (χ2v) is 3.57. The lowest BCUT2D eigenvalue weighted by Crippen LogP contribution is -2.44. The van der Waals surface area contributed by atoms with Gasteiger partial charge in [-0.25, -0.2) is 10.2 Å². The number of carboxylic acid groups (broad SMARTS) is 1. The van der Waals surface area contributed by atoms with Crippen molar-refractivity contribution >= 4 is 11.9 Å². The van der Waals surface area contributed by atoms with Gasteiger partial charge in [0.2, 0.25) is 0 Å². The van der Waals surface area contributed by atoms with E-state index in [1.807, 2.05) is 35.8 Å². The lowest BCUT2D eigenvalue weighted by Gasteiger charge is -2.21. The molecule has 1 aromatic carbocycles. The lowest BCUT2D eigenvalue weighted by molar-refractivity contribution is 0.140. The van der Waals surface area contributed by atoms with Crippen molar-refractivity contribution in [2.45, 2.75) is 6.04 Å². The molecule has 0 radical (unpaired) electrons. The first-order valence-corrected chi connectivity index (χ1v) is 5.20. The zero-order valence-corrected chi connectivity index (χ0v) is 9.09. The molecule has 0 bridgehead atoms. The minimum absolute atomic E-state index is 0.0944. The number of carbonyl (C=O) groups is 1. The van der Waals surface area contributed by atoms with E-state index in [1.165, 1.54) is 0 Å². The van der Waals surface area contributed by atoms with Gasteiger partial charge in [-0.2, -0.15) is 0 Å². The van der Waals surface area contributed by atoms with Gasteiger partial charge in [-0.3, -0.25) is 10.4 Å². The molecule has 0 spiro atoms. The number of hydrazine groups is 1. The molecule has 1 unspecified atom stereocenters. The smallest absolute Gasteiger partial charge is 0.423 e. The standard InChI is InChI=1S/C11H13N3O3/c15-11(16)14-13-10-7-17-6-9(12-10)8-4-2-1-3-5-8/h1-5,9,14H,6-7H2,(H,12,13)(H,15,16). The molecule has 1 heterocycles. The van der Waals surface area contributed by atoms with Gasteiger partial charge >= 0.3 is 6.09 Å². The minimum atomic E-state index is -1.16. The van der Waals surface area contributed by atoms with Crippen molar-refractivity contribution in [3.63, 3.8) is 0 Å². The van der Waals surface area contributed by atoms with E-state index >= 15 is 0 Å². The molecule has 1 aliphatic rings. The van der Waals surface area contributed by atoms with Crippen molar-refractivity contribution in [3.05, 3.63) is 35.9 Å². The van der Waals surface area contributed by atoms with Crippen LogP contribution in [0.5, 0.6) is 0 Å². The number of amides is 1. The van der Waals surface area contributed by atoms with Gasteiger partial charge in [0.25, 0.3) is 0 Å². The molecule has 0 aromatic heterocycles. The van der Waals surface area contributed by atoms with E-state index in [2.05, 4.69) is 10.4 Å². The van der Waals surface area contributed by atoms with Crippen LogP contribution in [0.2, 0.25) is 0 Å². The zero-order valence-electron chi connectivity index (χ0n) is 9.09. The van der Waals surface area contributed by atoms with Gasteiger partial charge in [-0.15, -0.1) is 0 Å². The molecule has 17 heavy (non-hydrogen) atoms. The average molecular weight is 235 g/mol. The molecule has 1 atom stereocenters. The fraction of sp³-hybridized carbons (Fsp3) is 0.273.